The molecule has 6 nitrogen and oxygen atoms in total. The van der Waals surface area contributed by atoms with Gasteiger partial charge in [-0.25, -0.2) is 14.1 Å². The number of pyridine rings is 1. The van der Waals surface area contributed by atoms with E-state index in [9.17, 15) is 9.18 Å². The molecular weight excluding hydrogens is 425 g/mol. The number of amides is 1. The Morgan fingerprint density at radius 3 is 2.72 bits per heavy atom. The van der Waals surface area contributed by atoms with Crippen molar-refractivity contribution in [3.05, 3.63) is 71.1 Å². The summed E-state index contributed by atoms with van der Waals surface area (Å²) in [6, 6.07) is 12.8. The van der Waals surface area contributed by atoms with Gasteiger partial charge >= 0.3 is 0 Å². The van der Waals surface area contributed by atoms with Crippen LogP contribution >= 0.6 is 11.3 Å². The minimum atomic E-state index is -0.214. The molecule has 0 unspecified atom stereocenters. The quantitative estimate of drug-likeness (QED) is 0.463. The summed E-state index contributed by atoms with van der Waals surface area (Å²) in [6.45, 7) is 5.67. The van der Waals surface area contributed by atoms with Gasteiger partial charge in [-0.3, -0.25) is 9.69 Å². The molecule has 1 fully saturated rings. The van der Waals surface area contributed by atoms with Crippen LogP contribution in [0.5, 0.6) is 0 Å². The largest absolute Gasteiger partial charge is 0.339 e. The third-order valence-electron chi connectivity index (χ3n) is 5.90. The number of fused-ring (bicyclic) bond motifs is 1. The standard InChI is InChI=1S/C24H24FN5OS/c1-17-23-20(21-6-3-13-32-21)7-8-26-24(23)30(27-17)16-22(31)29-11-9-28(10-12-29)15-18-4-2-5-19(25)14-18/h2-8,13-14H,9-12,15-16H2,1H3. The van der Waals surface area contributed by atoms with Gasteiger partial charge in [0.1, 0.15) is 12.4 Å². The summed E-state index contributed by atoms with van der Waals surface area (Å²) < 4.78 is 15.2. The lowest BCUT2D eigenvalue weighted by atomic mass is 10.1. The second kappa shape index (κ2) is 8.80. The fourth-order valence-electron chi connectivity index (χ4n) is 4.31. The second-order valence-electron chi connectivity index (χ2n) is 8.06. The van der Waals surface area contributed by atoms with E-state index in [1.165, 1.54) is 10.9 Å². The number of hydrogen-bond acceptors (Lipinski definition) is 5. The number of aromatic nitrogens is 3. The van der Waals surface area contributed by atoms with Crippen LogP contribution in [0.15, 0.2) is 54.0 Å². The van der Waals surface area contributed by atoms with Crippen molar-refractivity contribution in [1.82, 2.24) is 24.6 Å². The maximum atomic E-state index is 13.4. The van der Waals surface area contributed by atoms with Crippen LogP contribution < -0.4 is 0 Å². The van der Waals surface area contributed by atoms with Crippen LogP contribution in [0.1, 0.15) is 11.3 Å². The number of thiophene rings is 1. The van der Waals surface area contributed by atoms with E-state index in [0.29, 0.717) is 19.6 Å². The van der Waals surface area contributed by atoms with Gasteiger partial charge in [-0.2, -0.15) is 5.10 Å². The molecule has 0 saturated carbocycles. The molecule has 32 heavy (non-hydrogen) atoms. The molecule has 0 aliphatic carbocycles. The molecule has 4 heterocycles. The first kappa shape index (κ1) is 20.8. The first-order valence-electron chi connectivity index (χ1n) is 10.7. The lowest BCUT2D eigenvalue weighted by Crippen LogP contribution is -2.49. The topological polar surface area (TPSA) is 54.3 Å². The zero-order chi connectivity index (χ0) is 22.1. The highest BCUT2D eigenvalue weighted by atomic mass is 32.1. The normalized spacial score (nSPS) is 14.9. The Bertz CT molecular complexity index is 1240. The Kier molecular flexibility index (Phi) is 5.71. The van der Waals surface area contributed by atoms with Gasteiger partial charge in [0.25, 0.3) is 0 Å². The van der Waals surface area contributed by atoms with E-state index in [1.54, 1.807) is 34.3 Å². The highest BCUT2D eigenvalue weighted by Gasteiger charge is 2.23. The van der Waals surface area contributed by atoms with Crippen LogP contribution in [0.4, 0.5) is 4.39 Å². The first-order valence-corrected chi connectivity index (χ1v) is 11.6. The van der Waals surface area contributed by atoms with Crippen LogP contribution in [0.2, 0.25) is 0 Å². The molecule has 0 spiro atoms. The molecular formula is C24H24FN5OS. The van der Waals surface area contributed by atoms with Gasteiger partial charge in [0.2, 0.25) is 5.91 Å². The van der Waals surface area contributed by atoms with Crippen molar-refractivity contribution < 1.29 is 9.18 Å². The molecule has 0 N–H and O–H groups in total. The SMILES string of the molecule is Cc1nn(CC(=O)N2CCN(Cc3cccc(F)c3)CC2)c2nccc(-c3cccs3)c12. The van der Waals surface area contributed by atoms with E-state index >= 15 is 0 Å². The number of hydrogen-bond donors (Lipinski definition) is 0. The van der Waals surface area contributed by atoms with Crippen molar-refractivity contribution in [3.8, 4) is 10.4 Å². The van der Waals surface area contributed by atoms with Gasteiger partial charge in [0.05, 0.1) is 11.1 Å². The van der Waals surface area contributed by atoms with Crippen molar-refractivity contribution in [2.75, 3.05) is 26.2 Å². The highest BCUT2D eigenvalue weighted by molar-refractivity contribution is 7.13. The van der Waals surface area contributed by atoms with E-state index < -0.39 is 0 Å². The van der Waals surface area contributed by atoms with Gasteiger partial charge in [-0.1, -0.05) is 18.2 Å². The maximum Gasteiger partial charge on any atom is 0.244 e. The van der Waals surface area contributed by atoms with Crippen LogP contribution in [0.25, 0.3) is 21.5 Å². The van der Waals surface area contributed by atoms with Crippen LogP contribution in [0.3, 0.4) is 0 Å². The predicted molar refractivity (Wildman–Crippen MR) is 124 cm³/mol. The monoisotopic (exact) mass is 449 g/mol. The van der Waals surface area contributed by atoms with Crippen molar-refractivity contribution in [3.63, 3.8) is 0 Å². The maximum absolute atomic E-state index is 13.4. The average Bonchev–Trinajstić information content (AvgIpc) is 3.43. The molecule has 164 valence electrons. The predicted octanol–water partition coefficient (Wildman–Crippen LogP) is 3.95. The van der Waals surface area contributed by atoms with Crippen molar-refractivity contribution in [1.29, 1.82) is 0 Å². The number of benzene rings is 1. The minimum Gasteiger partial charge on any atom is -0.339 e. The van der Waals surface area contributed by atoms with Gasteiger partial charge in [0.15, 0.2) is 5.65 Å². The number of nitrogens with zero attached hydrogens (tertiary/aromatic N) is 5. The van der Waals surface area contributed by atoms with Crippen LogP contribution in [0, 0.1) is 12.7 Å². The summed E-state index contributed by atoms with van der Waals surface area (Å²) in [5.74, 6) is -0.169. The van der Waals surface area contributed by atoms with Gasteiger partial charge in [-0.15, -0.1) is 11.3 Å². The Morgan fingerprint density at radius 2 is 1.97 bits per heavy atom. The summed E-state index contributed by atoms with van der Waals surface area (Å²) >= 11 is 1.68. The molecule has 5 rings (SSSR count). The zero-order valence-corrected chi connectivity index (χ0v) is 18.7. The fraction of sp³-hybridized carbons (Fsp3) is 0.292. The number of rotatable bonds is 5. The average molecular weight is 450 g/mol. The molecule has 3 aromatic heterocycles. The summed E-state index contributed by atoms with van der Waals surface area (Å²) in [4.78, 5) is 22.8. The summed E-state index contributed by atoms with van der Waals surface area (Å²) in [5.41, 5.74) is 3.68. The van der Waals surface area contributed by atoms with E-state index in [2.05, 4.69) is 26.4 Å². The van der Waals surface area contributed by atoms with Crippen LogP contribution in [-0.2, 0) is 17.9 Å². The molecule has 0 bridgehead atoms. The smallest absolute Gasteiger partial charge is 0.244 e. The Hall–Kier alpha value is -3.10. The molecule has 0 radical (unpaired) electrons. The van der Waals surface area contributed by atoms with Gasteiger partial charge in [-0.05, 0) is 42.1 Å². The van der Waals surface area contributed by atoms with Crippen molar-refractivity contribution in [2.24, 2.45) is 0 Å². The Morgan fingerprint density at radius 1 is 1.12 bits per heavy atom. The van der Waals surface area contributed by atoms with E-state index in [0.717, 1.165) is 40.9 Å². The van der Waals surface area contributed by atoms with E-state index in [-0.39, 0.29) is 18.3 Å². The van der Waals surface area contributed by atoms with Crippen LogP contribution in [-0.4, -0.2) is 56.7 Å². The molecule has 1 aliphatic heterocycles. The summed E-state index contributed by atoms with van der Waals surface area (Å²) in [7, 11) is 0. The fourth-order valence-corrected chi connectivity index (χ4v) is 5.06. The van der Waals surface area contributed by atoms with E-state index in [1.807, 2.05) is 30.0 Å². The molecule has 0 atom stereocenters. The molecule has 1 amide bonds. The van der Waals surface area contributed by atoms with Gasteiger partial charge in [0, 0.05) is 49.4 Å². The van der Waals surface area contributed by atoms with Crippen molar-refractivity contribution >= 4 is 28.3 Å². The summed E-state index contributed by atoms with van der Waals surface area (Å²) in [5, 5.41) is 7.70. The molecule has 8 heteroatoms. The molecule has 4 aromatic rings. The molecule has 1 aliphatic rings. The third-order valence-corrected chi connectivity index (χ3v) is 6.80. The number of carbonyl (C=O) groups is 1. The first-order chi connectivity index (χ1) is 15.6. The van der Waals surface area contributed by atoms with E-state index in [4.69, 9.17) is 0 Å². The minimum absolute atomic E-state index is 0.0446. The number of piperazine rings is 1. The Balaban J connectivity index is 1.26. The molecule has 1 aromatic carbocycles. The highest BCUT2D eigenvalue weighted by Crippen LogP contribution is 2.32. The zero-order valence-electron chi connectivity index (χ0n) is 17.9. The lowest BCUT2D eigenvalue weighted by molar-refractivity contribution is -0.133. The lowest BCUT2D eigenvalue weighted by Gasteiger charge is -2.34. The second-order valence-corrected chi connectivity index (χ2v) is 9.01. The molecule has 1 saturated heterocycles. The van der Waals surface area contributed by atoms with Crippen molar-refractivity contribution in [2.45, 2.75) is 20.0 Å². The number of carbonyl (C=O) groups excluding carboxylic acids is 1. The Labute approximate surface area is 189 Å². The van der Waals surface area contributed by atoms with Gasteiger partial charge < -0.3 is 4.90 Å². The summed E-state index contributed by atoms with van der Waals surface area (Å²) in [6.07, 6.45) is 1.78. The number of aryl methyl sites for hydroxylation is 1. The number of halogens is 1. The third kappa shape index (κ3) is 4.16.